The molecule has 1 N–H and O–H groups in total. The van der Waals surface area contributed by atoms with Gasteiger partial charge in [-0.2, -0.15) is 5.10 Å². The molecule has 28 heavy (non-hydrogen) atoms. The van der Waals surface area contributed by atoms with Gasteiger partial charge in [0.15, 0.2) is 5.65 Å². The molecule has 4 aromatic rings. The first-order chi connectivity index (χ1) is 13.5. The number of rotatable bonds is 4. The molecule has 0 unspecified atom stereocenters. The Hall–Kier alpha value is -3.06. The summed E-state index contributed by atoms with van der Waals surface area (Å²) in [5.41, 5.74) is 5.36. The standard InChI is InChI=1S/C21H21N5OS/c1-5-14-6-8-15(9-7-14)21-23-13(3)18(28-21)20(27)24-16-10-17-12(2)25-26(4)19(17)22-11-16/h6-11H,5H2,1-4H3,(H,24,27). The Balaban J connectivity index is 1.59. The van der Waals surface area contributed by atoms with Crippen LogP contribution in [-0.2, 0) is 13.5 Å². The van der Waals surface area contributed by atoms with E-state index in [0.29, 0.717) is 10.6 Å². The number of benzene rings is 1. The second-order valence-electron chi connectivity index (χ2n) is 6.74. The molecule has 3 heterocycles. The van der Waals surface area contributed by atoms with Crippen LogP contribution in [0.3, 0.4) is 0 Å². The number of hydrogen-bond donors (Lipinski definition) is 1. The van der Waals surface area contributed by atoms with Gasteiger partial charge in [-0.1, -0.05) is 31.2 Å². The van der Waals surface area contributed by atoms with Crippen LogP contribution in [0.2, 0.25) is 0 Å². The molecule has 0 spiro atoms. The predicted octanol–water partition coefficient (Wildman–Crippen LogP) is 4.52. The van der Waals surface area contributed by atoms with Gasteiger partial charge in [0, 0.05) is 18.0 Å². The minimum absolute atomic E-state index is 0.172. The molecule has 4 rings (SSSR count). The third kappa shape index (κ3) is 3.29. The quantitative estimate of drug-likeness (QED) is 0.555. The number of carbonyl (C=O) groups excluding carboxylic acids is 1. The third-order valence-corrected chi connectivity index (χ3v) is 5.94. The molecule has 3 aromatic heterocycles. The summed E-state index contributed by atoms with van der Waals surface area (Å²) in [6.07, 6.45) is 2.65. The molecule has 0 saturated heterocycles. The van der Waals surface area contributed by atoms with Gasteiger partial charge in [0.05, 0.1) is 23.3 Å². The predicted molar refractivity (Wildman–Crippen MR) is 113 cm³/mol. The summed E-state index contributed by atoms with van der Waals surface area (Å²) in [5.74, 6) is -0.172. The van der Waals surface area contributed by atoms with Crippen LogP contribution in [-0.4, -0.2) is 25.7 Å². The zero-order chi connectivity index (χ0) is 19.8. The van der Waals surface area contributed by atoms with Crippen LogP contribution in [0, 0.1) is 13.8 Å². The number of aryl methyl sites for hydroxylation is 4. The molecule has 0 aliphatic carbocycles. The van der Waals surface area contributed by atoms with Crippen LogP contribution < -0.4 is 5.32 Å². The number of hydrogen-bond acceptors (Lipinski definition) is 5. The van der Waals surface area contributed by atoms with Crippen LogP contribution in [0.5, 0.6) is 0 Å². The van der Waals surface area contributed by atoms with Crippen molar-refractivity contribution < 1.29 is 4.79 Å². The molecule has 7 heteroatoms. The van der Waals surface area contributed by atoms with Crippen LogP contribution in [0.25, 0.3) is 21.6 Å². The molecule has 0 aliphatic rings. The first-order valence-electron chi connectivity index (χ1n) is 9.13. The highest BCUT2D eigenvalue weighted by Gasteiger charge is 2.17. The van der Waals surface area contributed by atoms with Crippen molar-refractivity contribution in [2.45, 2.75) is 27.2 Å². The summed E-state index contributed by atoms with van der Waals surface area (Å²) < 4.78 is 1.74. The maximum atomic E-state index is 12.8. The maximum Gasteiger partial charge on any atom is 0.267 e. The Morgan fingerprint density at radius 2 is 1.93 bits per heavy atom. The summed E-state index contributed by atoms with van der Waals surface area (Å²) >= 11 is 1.40. The molecule has 1 amide bonds. The van der Waals surface area contributed by atoms with Crippen LogP contribution >= 0.6 is 11.3 Å². The lowest BCUT2D eigenvalue weighted by molar-refractivity contribution is 0.103. The van der Waals surface area contributed by atoms with E-state index in [1.54, 1.807) is 10.9 Å². The first-order valence-corrected chi connectivity index (χ1v) is 9.95. The number of thiazole rings is 1. The van der Waals surface area contributed by atoms with Crippen molar-refractivity contribution in [1.29, 1.82) is 0 Å². The lowest BCUT2D eigenvalue weighted by Crippen LogP contribution is -2.11. The van der Waals surface area contributed by atoms with Crippen molar-refractivity contribution in [2.24, 2.45) is 7.05 Å². The van der Waals surface area contributed by atoms with E-state index in [9.17, 15) is 4.79 Å². The zero-order valence-corrected chi connectivity index (χ0v) is 17.1. The smallest absolute Gasteiger partial charge is 0.267 e. The molecule has 1 aromatic carbocycles. The van der Waals surface area contributed by atoms with Crippen molar-refractivity contribution in [3.05, 3.63) is 58.4 Å². The fourth-order valence-electron chi connectivity index (χ4n) is 3.18. The Labute approximate surface area is 167 Å². The average Bonchev–Trinajstić information content (AvgIpc) is 3.21. The Bertz CT molecular complexity index is 1170. The van der Waals surface area contributed by atoms with Crippen LogP contribution in [0.15, 0.2) is 36.5 Å². The van der Waals surface area contributed by atoms with Crippen LogP contribution in [0.4, 0.5) is 5.69 Å². The van der Waals surface area contributed by atoms with Gasteiger partial charge in [-0.3, -0.25) is 9.48 Å². The number of pyridine rings is 1. The van der Waals surface area contributed by atoms with Gasteiger partial charge in [0.1, 0.15) is 9.88 Å². The number of fused-ring (bicyclic) bond motifs is 1. The monoisotopic (exact) mass is 391 g/mol. The topological polar surface area (TPSA) is 72.7 Å². The van der Waals surface area contributed by atoms with Gasteiger partial charge in [0.25, 0.3) is 5.91 Å². The van der Waals surface area contributed by atoms with Gasteiger partial charge in [-0.25, -0.2) is 9.97 Å². The highest BCUT2D eigenvalue weighted by atomic mass is 32.1. The second kappa shape index (κ2) is 7.16. The number of anilines is 1. The molecule has 142 valence electrons. The average molecular weight is 392 g/mol. The SMILES string of the molecule is CCc1ccc(-c2nc(C)c(C(=O)Nc3cnc4c(c3)c(C)nn4C)s2)cc1. The Kier molecular flexibility index (Phi) is 4.68. The number of aromatic nitrogens is 4. The van der Waals surface area contributed by atoms with Crippen LogP contribution in [0.1, 0.15) is 33.5 Å². The molecule has 0 bridgehead atoms. The van der Waals surface area contributed by atoms with E-state index in [1.807, 2.05) is 27.0 Å². The van der Waals surface area contributed by atoms with E-state index in [4.69, 9.17) is 0 Å². The van der Waals surface area contributed by atoms with Gasteiger partial charge in [0.2, 0.25) is 0 Å². The lowest BCUT2D eigenvalue weighted by Gasteiger charge is -2.04. The molecular weight excluding hydrogens is 370 g/mol. The Morgan fingerprint density at radius 3 is 2.64 bits per heavy atom. The summed E-state index contributed by atoms with van der Waals surface area (Å²) in [6.45, 7) is 5.92. The molecule has 0 aliphatic heterocycles. The largest absolute Gasteiger partial charge is 0.320 e. The fourth-order valence-corrected chi connectivity index (χ4v) is 4.14. The van der Waals surface area contributed by atoms with E-state index in [-0.39, 0.29) is 5.91 Å². The van der Waals surface area contributed by atoms with Crippen molar-refractivity contribution >= 4 is 34.0 Å². The van der Waals surface area contributed by atoms with Crippen molar-refractivity contribution in [3.63, 3.8) is 0 Å². The van der Waals surface area contributed by atoms with Gasteiger partial charge < -0.3 is 5.32 Å². The van der Waals surface area contributed by atoms with E-state index in [0.717, 1.165) is 39.4 Å². The molecule has 0 saturated carbocycles. The molecular formula is C21H21N5OS. The first kappa shape index (κ1) is 18.3. The molecule has 0 fully saturated rings. The highest BCUT2D eigenvalue weighted by molar-refractivity contribution is 7.17. The third-order valence-electron chi connectivity index (χ3n) is 4.73. The second-order valence-corrected chi connectivity index (χ2v) is 7.74. The number of carbonyl (C=O) groups is 1. The maximum absolute atomic E-state index is 12.8. The molecule has 0 atom stereocenters. The lowest BCUT2D eigenvalue weighted by atomic mass is 10.1. The summed E-state index contributed by atoms with van der Waals surface area (Å²) in [5, 5.41) is 9.09. The fraction of sp³-hybridized carbons (Fsp3) is 0.238. The summed E-state index contributed by atoms with van der Waals surface area (Å²) in [4.78, 5) is 22.4. The minimum atomic E-state index is -0.172. The van der Waals surface area contributed by atoms with Gasteiger partial charge in [-0.05, 0) is 31.9 Å². The van der Waals surface area contributed by atoms with Crippen molar-refractivity contribution in [3.8, 4) is 10.6 Å². The number of nitrogens with one attached hydrogen (secondary N) is 1. The van der Waals surface area contributed by atoms with E-state index in [1.165, 1.54) is 16.9 Å². The minimum Gasteiger partial charge on any atom is -0.320 e. The summed E-state index contributed by atoms with van der Waals surface area (Å²) in [7, 11) is 1.86. The van der Waals surface area contributed by atoms with Gasteiger partial charge >= 0.3 is 0 Å². The zero-order valence-electron chi connectivity index (χ0n) is 16.3. The van der Waals surface area contributed by atoms with Gasteiger partial charge in [-0.15, -0.1) is 11.3 Å². The molecule has 0 radical (unpaired) electrons. The highest BCUT2D eigenvalue weighted by Crippen LogP contribution is 2.29. The van der Waals surface area contributed by atoms with Crippen molar-refractivity contribution in [2.75, 3.05) is 5.32 Å². The molecule has 6 nitrogen and oxygen atoms in total. The normalized spacial score (nSPS) is 11.1. The van der Waals surface area contributed by atoms with E-state index >= 15 is 0 Å². The summed E-state index contributed by atoms with van der Waals surface area (Å²) in [6, 6.07) is 10.2. The van der Waals surface area contributed by atoms with E-state index < -0.39 is 0 Å². The van der Waals surface area contributed by atoms with E-state index in [2.05, 4.69) is 51.6 Å². The Morgan fingerprint density at radius 1 is 1.18 bits per heavy atom. The number of amides is 1. The number of nitrogens with zero attached hydrogens (tertiary/aromatic N) is 4. The van der Waals surface area contributed by atoms with Crippen molar-refractivity contribution in [1.82, 2.24) is 19.7 Å².